The Hall–Kier alpha value is -1.10. The van der Waals surface area contributed by atoms with Gasteiger partial charge in [-0.25, -0.2) is 5.01 Å². The molecule has 1 atom stereocenters. The van der Waals surface area contributed by atoms with Crippen LogP contribution < -0.4 is 10.7 Å². The van der Waals surface area contributed by atoms with Crippen LogP contribution in [0.2, 0.25) is 0 Å². The summed E-state index contributed by atoms with van der Waals surface area (Å²) < 4.78 is 0. The minimum Gasteiger partial charge on any atom is -0.396 e. The summed E-state index contributed by atoms with van der Waals surface area (Å²) >= 11 is 0. The van der Waals surface area contributed by atoms with Gasteiger partial charge in [0.25, 0.3) is 0 Å². The highest BCUT2D eigenvalue weighted by molar-refractivity contribution is 5.44. The van der Waals surface area contributed by atoms with Crippen LogP contribution in [0.25, 0.3) is 0 Å². The molecule has 3 N–H and O–H groups in total. The van der Waals surface area contributed by atoms with Crippen LogP contribution in [0.15, 0.2) is 24.3 Å². The van der Waals surface area contributed by atoms with E-state index in [0.29, 0.717) is 6.04 Å². The Kier molecular flexibility index (Phi) is 4.36. The monoisotopic (exact) mass is 235 g/mol. The zero-order chi connectivity index (χ0) is 12.1. The highest BCUT2D eigenvalue weighted by atomic mass is 16.3. The van der Waals surface area contributed by atoms with Crippen LogP contribution in [0.3, 0.4) is 0 Å². The van der Waals surface area contributed by atoms with Crippen molar-refractivity contribution in [3.63, 3.8) is 0 Å². The fourth-order valence-corrected chi connectivity index (χ4v) is 2.17. The second-order valence-electron chi connectivity index (χ2n) is 4.59. The van der Waals surface area contributed by atoms with E-state index in [1.807, 2.05) is 0 Å². The number of aliphatic hydroxyl groups is 1. The first-order valence-corrected chi connectivity index (χ1v) is 6.20. The van der Waals surface area contributed by atoms with Crippen LogP contribution in [-0.2, 0) is 0 Å². The van der Waals surface area contributed by atoms with Crippen molar-refractivity contribution in [2.24, 2.45) is 0 Å². The molecule has 1 fully saturated rings. The molecule has 0 radical (unpaired) electrons. The van der Waals surface area contributed by atoms with Gasteiger partial charge in [-0.1, -0.05) is 12.1 Å². The molecule has 1 aromatic rings. The number of hydrogen-bond donors (Lipinski definition) is 3. The lowest BCUT2D eigenvalue weighted by Crippen LogP contribution is -2.52. The van der Waals surface area contributed by atoms with Gasteiger partial charge in [-0.2, -0.15) is 0 Å². The Morgan fingerprint density at radius 1 is 1.53 bits per heavy atom. The summed E-state index contributed by atoms with van der Waals surface area (Å²) in [5.41, 5.74) is 5.82. The molecule has 4 heteroatoms. The van der Waals surface area contributed by atoms with Crippen molar-refractivity contribution in [1.29, 1.82) is 0 Å². The second kappa shape index (κ2) is 6.00. The van der Waals surface area contributed by atoms with Gasteiger partial charge in [0.1, 0.15) is 0 Å². The first kappa shape index (κ1) is 12.4. The van der Waals surface area contributed by atoms with Crippen LogP contribution in [-0.4, -0.2) is 42.4 Å². The first-order valence-electron chi connectivity index (χ1n) is 6.20. The van der Waals surface area contributed by atoms with Gasteiger partial charge in [0.2, 0.25) is 0 Å². The number of benzene rings is 1. The maximum atomic E-state index is 8.95. The molecule has 1 aliphatic rings. The molecule has 2 rings (SSSR count). The van der Waals surface area contributed by atoms with Gasteiger partial charge in [-0.05, 0) is 31.0 Å². The van der Waals surface area contributed by atoms with E-state index in [4.69, 9.17) is 5.11 Å². The average molecular weight is 235 g/mol. The van der Waals surface area contributed by atoms with E-state index in [0.717, 1.165) is 31.7 Å². The third-order valence-electron chi connectivity index (χ3n) is 3.04. The Bertz CT molecular complexity index is 354. The van der Waals surface area contributed by atoms with Crippen molar-refractivity contribution >= 4 is 5.69 Å². The van der Waals surface area contributed by atoms with Crippen LogP contribution in [0, 0.1) is 6.92 Å². The molecule has 4 nitrogen and oxygen atoms in total. The van der Waals surface area contributed by atoms with E-state index >= 15 is 0 Å². The topological polar surface area (TPSA) is 47.5 Å². The van der Waals surface area contributed by atoms with Gasteiger partial charge in [0.15, 0.2) is 0 Å². The third-order valence-corrected chi connectivity index (χ3v) is 3.04. The summed E-state index contributed by atoms with van der Waals surface area (Å²) in [7, 11) is 0. The maximum Gasteiger partial charge on any atom is 0.0492 e. The van der Waals surface area contributed by atoms with Crippen LogP contribution in [0.1, 0.15) is 12.0 Å². The molecule has 1 aliphatic heterocycles. The average Bonchev–Trinajstić information content (AvgIpc) is 2.30. The molecule has 1 heterocycles. The fourth-order valence-electron chi connectivity index (χ4n) is 2.17. The quantitative estimate of drug-likeness (QED) is 0.728. The zero-order valence-corrected chi connectivity index (χ0v) is 10.3. The molecular formula is C13H21N3O. The standard InChI is InChI=1S/C13H21N3O/c1-11-3-2-4-12(9-11)15-16-7-6-14-13(10-16)5-8-17/h2-4,9,13-15,17H,5-8,10H2,1H3. The SMILES string of the molecule is Cc1cccc(NN2CCNC(CCO)C2)c1. The third kappa shape index (κ3) is 3.70. The van der Waals surface area contributed by atoms with Crippen LogP contribution >= 0.6 is 0 Å². The van der Waals surface area contributed by atoms with Gasteiger partial charge in [0.05, 0.1) is 0 Å². The molecule has 0 aliphatic carbocycles. The predicted molar refractivity (Wildman–Crippen MR) is 69.9 cm³/mol. The number of hydrazine groups is 1. The summed E-state index contributed by atoms with van der Waals surface area (Å²) in [5.74, 6) is 0. The van der Waals surface area contributed by atoms with Gasteiger partial charge in [0, 0.05) is 38.0 Å². The van der Waals surface area contributed by atoms with E-state index in [1.54, 1.807) is 0 Å². The minimum atomic E-state index is 0.246. The number of piperazine rings is 1. The molecule has 0 aromatic heterocycles. The van der Waals surface area contributed by atoms with E-state index in [-0.39, 0.29) is 6.61 Å². The van der Waals surface area contributed by atoms with Crippen LogP contribution in [0.5, 0.6) is 0 Å². The van der Waals surface area contributed by atoms with Gasteiger partial charge in [-0.15, -0.1) is 0 Å². The number of hydrogen-bond acceptors (Lipinski definition) is 4. The summed E-state index contributed by atoms with van der Waals surface area (Å²) in [5, 5.41) is 14.6. The molecule has 17 heavy (non-hydrogen) atoms. The van der Waals surface area contributed by atoms with Crippen molar-refractivity contribution in [3.05, 3.63) is 29.8 Å². The number of rotatable bonds is 4. The minimum absolute atomic E-state index is 0.246. The van der Waals surface area contributed by atoms with Gasteiger partial charge < -0.3 is 15.8 Å². The van der Waals surface area contributed by atoms with E-state index in [9.17, 15) is 0 Å². The largest absolute Gasteiger partial charge is 0.396 e. The van der Waals surface area contributed by atoms with Gasteiger partial charge >= 0.3 is 0 Å². The highest BCUT2D eigenvalue weighted by Gasteiger charge is 2.18. The summed E-state index contributed by atoms with van der Waals surface area (Å²) in [4.78, 5) is 0. The van der Waals surface area contributed by atoms with Crippen LogP contribution in [0.4, 0.5) is 5.69 Å². The number of anilines is 1. The normalized spacial score (nSPS) is 21.4. The molecule has 1 saturated heterocycles. The van der Waals surface area contributed by atoms with Crippen molar-refractivity contribution in [2.75, 3.05) is 31.7 Å². The number of nitrogens with one attached hydrogen (secondary N) is 2. The Balaban J connectivity index is 1.90. The smallest absolute Gasteiger partial charge is 0.0492 e. The van der Waals surface area contributed by atoms with E-state index in [1.165, 1.54) is 5.56 Å². The predicted octanol–water partition coefficient (Wildman–Crippen LogP) is 0.978. The summed E-state index contributed by atoms with van der Waals surface area (Å²) in [6, 6.07) is 8.76. The van der Waals surface area contributed by atoms with Crippen molar-refractivity contribution < 1.29 is 5.11 Å². The van der Waals surface area contributed by atoms with E-state index < -0.39 is 0 Å². The molecule has 1 aromatic carbocycles. The number of aryl methyl sites for hydroxylation is 1. The molecule has 0 spiro atoms. The molecule has 1 unspecified atom stereocenters. The molecule has 0 amide bonds. The Morgan fingerprint density at radius 3 is 3.18 bits per heavy atom. The highest BCUT2D eigenvalue weighted by Crippen LogP contribution is 2.12. The lowest BCUT2D eigenvalue weighted by atomic mass is 10.1. The van der Waals surface area contributed by atoms with Gasteiger partial charge in [-0.3, -0.25) is 0 Å². The Morgan fingerprint density at radius 2 is 2.41 bits per heavy atom. The molecular weight excluding hydrogens is 214 g/mol. The maximum absolute atomic E-state index is 8.95. The van der Waals surface area contributed by atoms with E-state index in [2.05, 4.69) is 46.9 Å². The second-order valence-corrected chi connectivity index (χ2v) is 4.59. The van der Waals surface area contributed by atoms with Crippen molar-refractivity contribution in [1.82, 2.24) is 10.3 Å². The number of aliphatic hydroxyl groups excluding tert-OH is 1. The lowest BCUT2D eigenvalue weighted by molar-refractivity contribution is 0.196. The summed E-state index contributed by atoms with van der Waals surface area (Å²) in [6.07, 6.45) is 0.812. The lowest BCUT2D eigenvalue weighted by Gasteiger charge is -2.34. The molecule has 0 bridgehead atoms. The van der Waals surface area contributed by atoms with Crippen molar-refractivity contribution in [2.45, 2.75) is 19.4 Å². The Labute approximate surface area is 103 Å². The number of nitrogens with zero attached hydrogens (tertiary/aromatic N) is 1. The zero-order valence-electron chi connectivity index (χ0n) is 10.3. The molecule has 0 saturated carbocycles. The summed E-state index contributed by atoms with van der Waals surface area (Å²) in [6.45, 7) is 5.21. The molecule has 94 valence electrons. The fraction of sp³-hybridized carbons (Fsp3) is 0.538. The van der Waals surface area contributed by atoms with Crippen molar-refractivity contribution in [3.8, 4) is 0 Å². The first-order chi connectivity index (χ1) is 8.28.